The van der Waals surface area contributed by atoms with Crippen molar-refractivity contribution in [3.8, 4) is 11.5 Å². The number of nitrogens with one attached hydrogen (secondary N) is 1. The van der Waals surface area contributed by atoms with Crippen molar-refractivity contribution >= 4 is 6.41 Å². The Hall–Kier alpha value is -2.57. The van der Waals surface area contributed by atoms with Gasteiger partial charge < -0.3 is 25.2 Å². The number of ether oxygens (including phenoxy) is 1. The van der Waals surface area contributed by atoms with Crippen molar-refractivity contribution < 1.29 is 19.7 Å². The van der Waals surface area contributed by atoms with E-state index in [0.717, 1.165) is 30.5 Å². The second-order valence-electron chi connectivity index (χ2n) is 9.21. The van der Waals surface area contributed by atoms with E-state index in [2.05, 4.69) is 17.4 Å². The van der Waals surface area contributed by atoms with Gasteiger partial charge in [0.2, 0.25) is 6.41 Å². The summed E-state index contributed by atoms with van der Waals surface area (Å²) in [5, 5.41) is 26.4. The lowest BCUT2D eigenvalue weighted by Gasteiger charge is -2.63. The Morgan fingerprint density at radius 1 is 1.20 bits per heavy atom. The molecule has 1 unspecified atom stereocenters. The molecule has 30 heavy (non-hydrogen) atoms. The summed E-state index contributed by atoms with van der Waals surface area (Å²) in [4.78, 5) is 13.6. The molecular formula is C24H26N2O4. The van der Waals surface area contributed by atoms with Crippen LogP contribution in [0.2, 0.25) is 0 Å². The first-order valence-corrected chi connectivity index (χ1v) is 10.8. The number of amides is 1. The third kappa shape index (κ3) is 2.13. The standard InChI is InChI=1S/C24H26N2O4/c27-14-26-11-10-23-20-16-6-7-18(28)21(20)30-22(23)17(8-9-24(23,29)19(26)12-16)25-13-15-4-2-1-3-5-15/h1-7,14,17,19,22,25,28-29H,8-13H2/t17-,19?,22-,23-,24+/m1/s1. The highest BCUT2D eigenvalue weighted by Crippen LogP contribution is 2.65. The molecule has 6 nitrogen and oxygen atoms in total. The highest BCUT2D eigenvalue weighted by atomic mass is 16.5. The van der Waals surface area contributed by atoms with Crippen LogP contribution in [-0.4, -0.2) is 51.9 Å². The zero-order valence-corrected chi connectivity index (χ0v) is 16.8. The van der Waals surface area contributed by atoms with E-state index < -0.39 is 11.0 Å². The van der Waals surface area contributed by atoms with Gasteiger partial charge in [-0.05, 0) is 42.9 Å². The summed E-state index contributed by atoms with van der Waals surface area (Å²) in [5.74, 6) is 0.667. The minimum absolute atomic E-state index is 0.0478. The first-order chi connectivity index (χ1) is 14.6. The van der Waals surface area contributed by atoms with Gasteiger partial charge in [0, 0.05) is 24.7 Å². The van der Waals surface area contributed by atoms with Crippen LogP contribution in [0.25, 0.3) is 0 Å². The summed E-state index contributed by atoms with van der Waals surface area (Å²) in [6.07, 6.45) is 3.19. The molecule has 1 spiro atoms. The van der Waals surface area contributed by atoms with Gasteiger partial charge in [-0.2, -0.15) is 0 Å². The van der Waals surface area contributed by atoms with Gasteiger partial charge in [0.25, 0.3) is 0 Å². The van der Waals surface area contributed by atoms with Gasteiger partial charge >= 0.3 is 0 Å². The number of rotatable bonds is 4. The van der Waals surface area contributed by atoms with E-state index in [1.54, 1.807) is 11.0 Å². The van der Waals surface area contributed by atoms with Crippen molar-refractivity contribution in [2.24, 2.45) is 0 Å². The molecule has 4 aliphatic rings. The number of benzene rings is 2. The van der Waals surface area contributed by atoms with Crippen LogP contribution in [0.4, 0.5) is 0 Å². The number of hydrogen-bond acceptors (Lipinski definition) is 5. The van der Waals surface area contributed by atoms with Crippen molar-refractivity contribution in [3.63, 3.8) is 0 Å². The van der Waals surface area contributed by atoms with Gasteiger partial charge in [-0.25, -0.2) is 0 Å². The van der Waals surface area contributed by atoms with Gasteiger partial charge in [-0.1, -0.05) is 36.4 Å². The molecule has 2 fully saturated rings. The van der Waals surface area contributed by atoms with Crippen LogP contribution >= 0.6 is 0 Å². The molecule has 0 aromatic heterocycles. The molecule has 6 heteroatoms. The normalized spacial score (nSPS) is 35.5. The number of hydrogen-bond donors (Lipinski definition) is 3. The number of carbonyl (C=O) groups is 1. The molecule has 2 aromatic carbocycles. The number of nitrogens with zero attached hydrogens (tertiary/aromatic N) is 1. The second-order valence-corrected chi connectivity index (χ2v) is 9.21. The maximum atomic E-state index is 12.1. The van der Waals surface area contributed by atoms with E-state index in [0.29, 0.717) is 31.6 Å². The van der Waals surface area contributed by atoms with E-state index in [9.17, 15) is 15.0 Å². The maximum Gasteiger partial charge on any atom is 0.210 e. The Balaban J connectivity index is 1.44. The van der Waals surface area contributed by atoms with Crippen LogP contribution in [0, 0.1) is 0 Å². The predicted octanol–water partition coefficient (Wildman–Crippen LogP) is 1.86. The molecule has 2 bridgehead atoms. The number of carbonyl (C=O) groups excluding carboxylic acids is 1. The number of aromatic hydroxyl groups is 1. The van der Waals surface area contributed by atoms with Crippen molar-refractivity contribution in [1.82, 2.24) is 10.2 Å². The third-order valence-corrected chi connectivity index (χ3v) is 8.05. The summed E-state index contributed by atoms with van der Waals surface area (Å²) in [5.41, 5.74) is 1.60. The van der Waals surface area contributed by atoms with E-state index in [1.165, 1.54) is 5.56 Å². The van der Waals surface area contributed by atoms with Gasteiger partial charge in [-0.15, -0.1) is 0 Å². The quantitative estimate of drug-likeness (QED) is 0.676. The minimum Gasteiger partial charge on any atom is -0.504 e. The van der Waals surface area contributed by atoms with Crippen molar-refractivity contribution in [3.05, 3.63) is 59.2 Å². The Morgan fingerprint density at radius 3 is 2.83 bits per heavy atom. The smallest absolute Gasteiger partial charge is 0.210 e. The zero-order valence-electron chi connectivity index (χ0n) is 16.8. The molecule has 2 aliphatic carbocycles. The number of aliphatic hydroxyl groups is 1. The van der Waals surface area contributed by atoms with E-state index in [-0.39, 0.29) is 23.9 Å². The van der Waals surface area contributed by atoms with Gasteiger partial charge in [0.1, 0.15) is 6.10 Å². The first kappa shape index (κ1) is 18.2. The molecular weight excluding hydrogens is 380 g/mol. The summed E-state index contributed by atoms with van der Waals surface area (Å²) in [7, 11) is 0. The largest absolute Gasteiger partial charge is 0.504 e. The average molecular weight is 406 g/mol. The van der Waals surface area contributed by atoms with Crippen molar-refractivity contribution in [2.75, 3.05) is 6.54 Å². The number of phenols is 1. The summed E-state index contributed by atoms with van der Waals surface area (Å²) < 4.78 is 6.47. The van der Waals surface area contributed by atoms with Crippen molar-refractivity contribution in [1.29, 1.82) is 0 Å². The molecule has 156 valence electrons. The number of phenolic OH excluding ortho intramolecular Hbond substituents is 1. The minimum atomic E-state index is -1.05. The van der Waals surface area contributed by atoms with E-state index in [4.69, 9.17) is 4.74 Å². The summed E-state index contributed by atoms with van der Waals surface area (Å²) >= 11 is 0. The molecule has 0 radical (unpaired) electrons. The fraction of sp³-hybridized carbons (Fsp3) is 0.458. The van der Waals surface area contributed by atoms with Crippen LogP contribution in [-0.2, 0) is 23.2 Å². The Bertz CT molecular complexity index is 1010. The average Bonchev–Trinajstić information content (AvgIpc) is 3.11. The molecule has 5 atom stereocenters. The molecule has 2 heterocycles. The fourth-order valence-electron chi connectivity index (χ4n) is 6.76. The predicted molar refractivity (Wildman–Crippen MR) is 110 cm³/mol. The van der Waals surface area contributed by atoms with Crippen molar-refractivity contribution in [2.45, 2.75) is 61.4 Å². The number of piperidine rings is 1. The highest BCUT2D eigenvalue weighted by Gasteiger charge is 2.72. The Morgan fingerprint density at radius 2 is 2.03 bits per heavy atom. The molecule has 1 amide bonds. The monoisotopic (exact) mass is 406 g/mol. The van der Waals surface area contributed by atoms with Crippen LogP contribution in [0.15, 0.2) is 42.5 Å². The number of likely N-dealkylation sites (tertiary alicyclic amines) is 1. The SMILES string of the molecule is O=CN1CC[C@@]23c4c5ccc(O)c4O[C@@H]2[C@H](NCc2ccccc2)CC[C@]3(O)C1C5. The third-order valence-electron chi connectivity index (χ3n) is 8.05. The summed E-state index contributed by atoms with van der Waals surface area (Å²) in [6.45, 7) is 1.31. The molecule has 3 N–H and O–H groups in total. The molecule has 1 saturated heterocycles. The lowest BCUT2D eigenvalue weighted by Crippen LogP contribution is -2.77. The van der Waals surface area contributed by atoms with Crippen LogP contribution in [0.5, 0.6) is 11.5 Å². The fourth-order valence-corrected chi connectivity index (χ4v) is 6.76. The van der Waals surface area contributed by atoms with Gasteiger partial charge in [0.05, 0.1) is 17.1 Å². The Kier molecular flexibility index (Phi) is 3.78. The molecule has 2 aliphatic heterocycles. The lowest BCUT2D eigenvalue weighted by molar-refractivity contribution is -0.190. The second kappa shape index (κ2) is 6.22. The topological polar surface area (TPSA) is 82.0 Å². The van der Waals surface area contributed by atoms with Crippen LogP contribution in [0.3, 0.4) is 0 Å². The zero-order chi connectivity index (χ0) is 20.5. The van der Waals surface area contributed by atoms with E-state index in [1.807, 2.05) is 24.3 Å². The maximum absolute atomic E-state index is 12.1. The highest BCUT2D eigenvalue weighted by molar-refractivity contribution is 5.64. The first-order valence-electron chi connectivity index (χ1n) is 10.8. The molecule has 2 aromatic rings. The Labute approximate surface area is 175 Å². The summed E-state index contributed by atoms with van der Waals surface area (Å²) in [6, 6.07) is 13.7. The van der Waals surface area contributed by atoms with Crippen LogP contribution in [0.1, 0.15) is 36.0 Å². The van der Waals surface area contributed by atoms with Gasteiger partial charge in [0.15, 0.2) is 11.5 Å². The molecule has 1 saturated carbocycles. The molecule has 6 rings (SSSR count). The van der Waals surface area contributed by atoms with Crippen LogP contribution < -0.4 is 10.1 Å². The van der Waals surface area contributed by atoms with E-state index >= 15 is 0 Å². The van der Waals surface area contributed by atoms with Gasteiger partial charge in [-0.3, -0.25) is 4.79 Å². The lowest BCUT2D eigenvalue weighted by atomic mass is 9.48.